The van der Waals surface area contributed by atoms with Gasteiger partial charge in [-0.3, -0.25) is 14.3 Å². The summed E-state index contributed by atoms with van der Waals surface area (Å²) in [4.78, 5) is 66.2. The molecular weight excluding hydrogens is 544 g/mol. The molecule has 11 nitrogen and oxygen atoms in total. The number of H-pyrrole nitrogens is 1. The second kappa shape index (κ2) is 12.1. The summed E-state index contributed by atoms with van der Waals surface area (Å²) in [5.41, 5.74) is -2.68. The minimum Gasteiger partial charge on any atom is -0.459 e. The van der Waals surface area contributed by atoms with Crippen LogP contribution < -0.4 is 11.2 Å². The predicted octanol–water partition coefficient (Wildman–Crippen LogP) is 3.13. The van der Waals surface area contributed by atoms with Crippen LogP contribution in [0.1, 0.15) is 44.2 Å². The highest BCUT2D eigenvalue weighted by atomic mass is 16.7. The summed E-state index contributed by atoms with van der Waals surface area (Å²) in [5.74, 6) is -2.22. The Labute approximate surface area is 239 Å². The van der Waals surface area contributed by atoms with E-state index in [1.165, 1.54) is 25.3 Å². The van der Waals surface area contributed by atoms with Gasteiger partial charge in [0.15, 0.2) is 17.9 Å². The lowest BCUT2D eigenvalue weighted by molar-refractivity contribution is -0.111. The summed E-state index contributed by atoms with van der Waals surface area (Å²) < 4.78 is 24.6. The minimum absolute atomic E-state index is 0.193. The van der Waals surface area contributed by atoms with E-state index < -0.39 is 59.8 Å². The van der Waals surface area contributed by atoms with E-state index in [4.69, 9.17) is 18.9 Å². The van der Waals surface area contributed by atoms with Crippen LogP contribution in [-0.2, 0) is 18.9 Å². The standard InChI is InChI=1S/C31H26N2O9/c1-31(42-28(37)22-15-9-4-10-16-22)25(41-27(36)21-13-7-3-8-14-21)23(19-39-26(35)20-11-5-2-6-12-20)40-29(31)33-18-17-24(34)32-30(33)38/h2-18,23,25,29H,19H2,1H3,(H,32,34,38)/t23?,25?,29?,31-/m1/s1. The molecule has 1 N–H and O–H groups in total. The first-order valence-corrected chi connectivity index (χ1v) is 13.0. The van der Waals surface area contributed by atoms with Crippen molar-refractivity contribution in [2.75, 3.05) is 6.61 Å². The Balaban J connectivity index is 1.54. The topological polar surface area (TPSA) is 143 Å². The van der Waals surface area contributed by atoms with Gasteiger partial charge in [-0.05, 0) is 43.3 Å². The summed E-state index contributed by atoms with van der Waals surface area (Å²) in [5, 5.41) is 0. The van der Waals surface area contributed by atoms with E-state index in [-0.39, 0.29) is 16.7 Å². The first kappa shape index (κ1) is 28.2. The van der Waals surface area contributed by atoms with Crippen LogP contribution >= 0.6 is 0 Å². The Kier molecular flexibility index (Phi) is 8.12. The number of hydrogen-bond acceptors (Lipinski definition) is 9. The molecule has 11 heteroatoms. The third-order valence-corrected chi connectivity index (χ3v) is 6.75. The number of nitrogens with one attached hydrogen (secondary N) is 1. The molecule has 42 heavy (non-hydrogen) atoms. The van der Waals surface area contributed by atoms with Crippen molar-refractivity contribution in [2.45, 2.75) is 31.0 Å². The van der Waals surface area contributed by atoms with Gasteiger partial charge < -0.3 is 18.9 Å². The molecule has 4 atom stereocenters. The first-order valence-electron chi connectivity index (χ1n) is 13.0. The van der Waals surface area contributed by atoms with Crippen molar-refractivity contribution in [3.63, 3.8) is 0 Å². The highest BCUT2D eigenvalue weighted by molar-refractivity contribution is 5.91. The fourth-order valence-electron chi connectivity index (χ4n) is 4.67. The molecule has 3 aromatic carbocycles. The van der Waals surface area contributed by atoms with Crippen molar-refractivity contribution in [1.82, 2.24) is 9.55 Å². The lowest BCUT2D eigenvalue weighted by atomic mass is 9.95. The van der Waals surface area contributed by atoms with E-state index in [2.05, 4.69) is 4.98 Å². The number of nitrogens with zero attached hydrogens (tertiary/aromatic N) is 1. The molecule has 2 heterocycles. The molecule has 1 aliphatic rings. The van der Waals surface area contributed by atoms with Crippen molar-refractivity contribution in [3.05, 3.63) is 141 Å². The van der Waals surface area contributed by atoms with E-state index in [1.807, 2.05) is 0 Å². The number of hydrogen-bond donors (Lipinski definition) is 1. The smallest absolute Gasteiger partial charge is 0.338 e. The van der Waals surface area contributed by atoms with Crippen molar-refractivity contribution in [1.29, 1.82) is 0 Å². The summed E-state index contributed by atoms with van der Waals surface area (Å²) in [6.07, 6.45) is -2.79. The van der Waals surface area contributed by atoms with E-state index in [9.17, 15) is 24.0 Å². The van der Waals surface area contributed by atoms with Crippen molar-refractivity contribution < 1.29 is 33.3 Å². The van der Waals surface area contributed by atoms with E-state index >= 15 is 0 Å². The maximum absolute atomic E-state index is 13.3. The second-order valence-electron chi connectivity index (χ2n) is 9.64. The largest absolute Gasteiger partial charge is 0.459 e. The van der Waals surface area contributed by atoms with Gasteiger partial charge in [0.05, 0.1) is 16.7 Å². The Morgan fingerprint density at radius 2 is 1.31 bits per heavy atom. The van der Waals surface area contributed by atoms with Gasteiger partial charge in [0.25, 0.3) is 5.56 Å². The van der Waals surface area contributed by atoms with Gasteiger partial charge in [0.1, 0.15) is 12.7 Å². The molecule has 0 aliphatic carbocycles. The number of benzene rings is 3. The van der Waals surface area contributed by atoms with Gasteiger partial charge >= 0.3 is 23.6 Å². The average molecular weight is 571 g/mol. The molecule has 4 aromatic rings. The Morgan fingerprint density at radius 3 is 1.86 bits per heavy atom. The molecular formula is C31H26N2O9. The molecule has 5 rings (SSSR count). The highest BCUT2D eigenvalue weighted by Gasteiger charge is 2.60. The fourth-order valence-corrected chi connectivity index (χ4v) is 4.67. The molecule has 0 spiro atoms. The van der Waals surface area contributed by atoms with Gasteiger partial charge in [0.2, 0.25) is 0 Å². The molecule has 214 valence electrons. The Morgan fingerprint density at radius 1 is 0.786 bits per heavy atom. The number of rotatable bonds is 8. The van der Waals surface area contributed by atoms with Gasteiger partial charge in [-0.15, -0.1) is 0 Å². The summed E-state index contributed by atoms with van der Waals surface area (Å²) in [7, 11) is 0. The SMILES string of the molecule is C[C@@]1(OC(=O)c2ccccc2)C(OC(=O)c2ccccc2)C(COC(=O)c2ccccc2)OC1n1ccc(=O)[nH]c1=O. The Hall–Kier alpha value is -5.29. The van der Waals surface area contributed by atoms with Crippen LogP contribution in [0.2, 0.25) is 0 Å². The zero-order chi connectivity index (χ0) is 29.7. The van der Waals surface area contributed by atoms with E-state index in [1.54, 1.807) is 78.9 Å². The number of aromatic amines is 1. The van der Waals surface area contributed by atoms with E-state index in [0.717, 1.165) is 10.6 Å². The minimum atomic E-state index is -1.84. The monoisotopic (exact) mass is 570 g/mol. The van der Waals surface area contributed by atoms with Crippen LogP contribution in [0.4, 0.5) is 0 Å². The fraction of sp³-hybridized carbons (Fsp3) is 0.194. The molecule has 0 bridgehead atoms. The number of esters is 3. The molecule has 3 unspecified atom stereocenters. The summed E-state index contributed by atoms with van der Waals surface area (Å²) in [6.45, 7) is 1.02. The second-order valence-corrected chi connectivity index (χ2v) is 9.64. The van der Waals surface area contributed by atoms with Gasteiger partial charge in [0, 0.05) is 12.3 Å². The summed E-state index contributed by atoms with van der Waals surface area (Å²) >= 11 is 0. The third-order valence-electron chi connectivity index (χ3n) is 6.75. The lowest BCUT2D eigenvalue weighted by Crippen LogP contribution is -2.52. The van der Waals surface area contributed by atoms with Crippen LogP contribution in [0, 0.1) is 0 Å². The van der Waals surface area contributed by atoms with Crippen molar-refractivity contribution in [2.24, 2.45) is 0 Å². The van der Waals surface area contributed by atoms with Gasteiger partial charge in [-0.1, -0.05) is 54.6 Å². The predicted molar refractivity (Wildman–Crippen MR) is 148 cm³/mol. The number of carbonyl (C=O) groups excluding carboxylic acids is 3. The van der Waals surface area contributed by atoms with E-state index in [0.29, 0.717) is 0 Å². The van der Waals surface area contributed by atoms with Crippen LogP contribution in [0.5, 0.6) is 0 Å². The number of ether oxygens (including phenoxy) is 4. The van der Waals surface area contributed by atoms with Crippen molar-refractivity contribution >= 4 is 17.9 Å². The molecule has 1 saturated heterocycles. The zero-order valence-corrected chi connectivity index (χ0v) is 22.4. The molecule has 0 saturated carbocycles. The van der Waals surface area contributed by atoms with Gasteiger partial charge in [-0.25, -0.2) is 19.2 Å². The number of aromatic nitrogens is 2. The maximum Gasteiger partial charge on any atom is 0.338 e. The quantitative estimate of drug-likeness (QED) is 0.250. The van der Waals surface area contributed by atoms with Crippen LogP contribution in [0.3, 0.4) is 0 Å². The zero-order valence-electron chi connectivity index (χ0n) is 22.4. The van der Waals surface area contributed by atoms with Crippen LogP contribution in [0.25, 0.3) is 0 Å². The third kappa shape index (κ3) is 5.91. The summed E-state index contributed by atoms with van der Waals surface area (Å²) in [6, 6.07) is 25.5. The molecule has 1 aliphatic heterocycles. The molecule has 1 fully saturated rings. The molecule has 0 amide bonds. The van der Waals surface area contributed by atoms with Gasteiger partial charge in [-0.2, -0.15) is 0 Å². The Bertz CT molecular complexity index is 1690. The maximum atomic E-state index is 13.3. The number of carbonyl (C=O) groups is 3. The highest BCUT2D eigenvalue weighted by Crippen LogP contribution is 2.43. The van der Waals surface area contributed by atoms with Crippen LogP contribution in [0.15, 0.2) is 113 Å². The molecule has 1 aromatic heterocycles. The lowest BCUT2D eigenvalue weighted by Gasteiger charge is -2.34. The average Bonchev–Trinajstić information content (AvgIpc) is 3.27. The normalized spacial score (nSPS) is 21.3. The van der Waals surface area contributed by atoms with Crippen LogP contribution in [-0.4, -0.2) is 51.9 Å². The molecule has 0 radical (unpaired) electrons. The van der Waals surface area contributed by atoms with Crippen molar-refractivity contribution in [3.8, 4) is 0 Å². The first-order chi connectivity index (χ1) is 20.3.